The Balaban J connectivity index is 2.10. The minimum atomic E-state index is 0.318. The molecule has 0 aliphatic carbocycles. The summed E-state index contributed by atoms with van der Waals surface area (Å²) < 4.78 is 10.4. The Morgan fingerprint density at radius 3 is 3.12 bits per heavy atom. The molecule has 2 heterocycles. The van der Waals surface area contributed by atoms with Gasteiger partial charge in [0.2, 0.25) is 0 Å². The van der Waals surface area contributed by atoms with Gasteiger partial charge in [-0.1, -0.05) is 12.1 Å². The molecule has 0 amide bonds. The van der Waals surface area contributed by atoms with Crippen LogP contribution >= 0.6 is 0 Å². The van der Waals surface area contributed by atoms with Gasteiger partial charge in [-0.2, -0.15) is 4.98 Å². The average Bonchev–Trinajstić information content (AvgIpc) is 2.79. The number of pyridine rings is 1. The fourth-order valence-electron chi connectivity index (χ4n) is 1.31. The molecule has 0 aromatic carbocycles. The fraction of sp³-hybridized carbons (Fsp3) is 0.364. The first-order valence-electron chi connectivity index (χ1n) is 5.42. The molecule has 0 aliphatic heterocycles. The summed E-state index contributed by atoms with van der Waals surface area (Å²) in [4.78, 5) is 8.26. The molecule has 0 saturated carbocycles. The zero-order valence-electron chi connectivity index (χ0n) is 9.59. The first kappa shape index (κ1) is 11.5. The third-order valence-electron chi connectivity index (χ3n) is 2.09. The number of hydrogen-bond acceptors (Lipinski definition) is 6. The van der Waals surface area contributed by atoms with Gasteiger partial charge in [-0.3, -0.25) is 0 Å². The Kier molecular flexibility index (Phi) is 3.66. The van der Waals surface area contributed by atoms with E-state index in [-0.39, 0.29) is 0 Å². The maximum absolute atomic E-state index is 5.76. The SMILES string of the molecule is CCCOCc1noc(-c2ncccc2N)n1. The Morgan fingerprint density at radius 2 is 2.35 bits per heavy atom. The molecule has 90 valence electrons. The maximum Gasteiger partial charge on any atom is 0.278 e. The number of ether oxygens (including phenoxy) is 1. The molecule has 0 unspecified atom stereocenters. The molecule has 0 aliphatic rings. The largest absolute Gasteiger partial charge is 0.397 e. The minimum absolute atomic E-state index is 0.318. The Morgan fingerprint density at radius 1 is 1.47 bits per heavy atom. The summed E-state index contributed by atoms with van der Waals surface area (Å²) in [7, 11) is 0. The van der Waals surface area contributed by atoms with Crippen molar-refractivity contribution in [2.45, 2.75) is 20.0 Å². The van der Waals surface area contributed by atoms with Gasteiger partial charge in [0.25, 0.3) is 5.89 Å². The van der Waals surface area contributed by atoms with E-state index in [0.717, 1.165) is 6.42 Å². The molecular weight excluding hydrogens is 220 g/mol. The van der Waals surface area contributed by atoms with Crippen molar-refractivity contribution in [1.29, 1.82) is 0 Å². The highest BCUT2D eigenvalue weighted by atomic mass is 16.5. The first-order valence-corrected chi connectivity index (χ1v) is 5.42. The van der Waals surface area contributed by atoms with Crippen LogP contribution < -0.4 is 5.73 Å². The van der Waals surface area contributed by atoms with Gasteiger partial charge >= 0.3 is 0 Å². The lowest BCUT2D eigenvalue weighted by molar-refractivity contribution is 0.114. The van der Waals surface area contributed by atoms with Crippen molar-refractivity contribution in [2.75, 3.05) is 12.3 Å². The summed E-state index contributed by atoms with van der Waals surface area (Å²) in [6, 6.07) is 3.49. The zero-order valence-corrected chi connectivity index (χ0v) is 9.59. The molecule has 0 saturated heterocycles. The van der Waals surface area contributed by atoms with Gasteiger partial charge in [0.15, 0.2) is 11.5 Å². The van der Waals surface area contributed by atoms with E-state index in [1.165, 1.54) is 0 Å². The third-order valence-corrected chi connectivity index (χ3v) is 2.09. The number of aromatic nitrogens is 3. The monoisotopic (exact) mass is 234 g/mol. The quantitative estimate of drug-likeness (QED) is 0.791. The number of anilines is 1. The highest BCUT2D eigenvalue weighted by Crippen LogP contribution is 2.20. The van der Waals surface area contributed by atoms with Crippen LogP contribution in [0.5, 0.6) is 0 Å². The molecule has 17 heavy (non-hydrogen) atoms. The number of nitrogens with two attached hydrogens (primary N) is 1. The standard InChI is InChI=1S/C11H14N4O2/c1-2-6-16-7-9-14-11(17-15-9)10-8(12)4-3-5-13-10/h3-5H,2,6-7,12H2,1H3. The Labute approximate surface area is 98.8 Å². The lowest BCUT2D eigenvalue weighted by Crippen LogP contribution is -1.96. The lowest BCUT2D eigenvalue weighted by Gasteiger charge is -1.97. The summed E-state index contributed by atoms with van der Waals surface area (Å²) in [5.41, 5.74) is 6.77. The van der Waals surface area contributed by atoms with Crippen LogP contribution in [0.2, 0.25) is 0 Å². The smallest absolute Gasteiger partial charge is 0.278 e. The highest BCUT2D eigenvalue weighted by Gasteiger charge is 2.12. The van der Waals surface area contributed by atoms with Crippen molar-refractivity contribution in [1.82, 2.24) is 15.1 Å². The van der Waals surface area contributed by atoms with E-state index in [9.17, 15) is 0 Å². The van der Waals surface area contributed by atoms with E-state index in [0.29, 0.717) is 36.3 Å². The van der Waals surface area contributed by atoms with Gasteiger partial charge in [-0.05, 0) is 18.6 Å². The Hall–Kier alpha value is -1.95. The predicted molar refractivity (Wildman–Crippen MR) is 61.9 cm³/mol. The van der Waals surface area contributed by atoms with Gasteiger partial charge in [0, 0.05) is 12.8 Å². The van der Waals surface area contributed by atoms with Crippen molar-refractivity contribution in [3.8, 4) is 11.6 Å². The molecule has 2 aromatic rings. The van der Waals surface area contributed by atoms with Crippen molar-refractivity contribution in [3.05, 3.63) is 24.2 Å². The van der Waals surface area contributed by atoms with Crippen molar-refractivity contribution < 1.29 is 9.26 Å². The fourth-order valence-corrected chi connectivity index (χ4v) is 1.31. The zero-order chi connectivity index (χ0) is 12.1. The molecular formula is C11H14N4O2. The van der Waals surface area contributed by atoms with Crippen molar-refractivity contribution >= 4 is 5.69 Å². The van der Waals surface area contributed by atoms with Crippen LogP contribution in [-0.4, -0.2) is 21.7 Å². The highest BCUT2D eigenvalue weighted by molar-refractivity contribution is 5.65. The topological polar surface area (TPSA) is 87.1 Å². The molecule has 2 N–H and O–H groups in total. The number of hydrogen-bond donors (Lipinski definition) is 1. The summed E-state index contributed by atoms with van der Waals surface area (Å²) in [6.07, 6.45) is 2.58. The molecule has 0 fully saturated rings. The van der Waals surface area contributed by atoms with Gasteiger partial charge < -0.3 is 15.0 Å². The van der Waals surface area contributed by atoms with E-state index in [1.54, 1.807) is 18.3 Å². The molecule has 6 heteroatoms. The summed E-state index contributed by atoms with van der Waals surface area (Å²) >= 11 is 0. The maximum atomic E-state index is 5.76. The summed E-state index contributed by atoms with van der Waals surface area (Å²) in [5.74, 6) is 0.816. The van der Waals surface area contributed by atoms with Gasteiger partial charge in [-0.25, -0.2) is 4.98 Å². The molecule has 0 bridgehead atoms. The number of rotatable bonds is 5. The van der Waals surface area contributed by atoms with Crippen LogP contribution in [0.3, 0.4) is 0 Å². The van der Waals surface area contributed by atoms with E-state index >= 15 is 0 Å². The van der Waals surface area contributed by atoms with Crippen LogP contribution in [-0.2, 0) is 11.3 Å². The van der Waals surface area contributed by atoms with Crippen molar-refractivity contribution in [2.24, 2.45) is 0 Å². The average molecular weight is 234 g/mol. The second-order valence-corrected chi connectivity index (χ2v) is 3.51. The molecule has 2 rings (SSSR count). The molecule has 2 aromatic heterocycles. The minimum Gasteiger partial charge on any atom is -0.397 e. The van der Waals surface area contributed by atoms with Gasteiger partial charge in [0.1, 0.15) is 6.61 Å². The summed E-state index contributed by atoms with van der Waals surface area (Å²) in [5, 5.41) is 3.80. The van der Waals surface area contributed by atoms with Crippen LogP contribution in [0.25, 0.3) is 11.6 Å². The van der Waals surface area contributed by atoms with Crippen LogP contribution in [0.15, 0.2) is 22.9 Å². The lowest BCUT2D eigenvalue weighted by atomic mass is 10.3. The molecule has 6 nitrogen and oxygen atoms in total. The number of nitrogen functional groups attached to an aromatic ring is 1. The Bertz CT molecular complexity index is 484. The van der Waals surface area contributed by atoms with Crippen molar-refractivity contribution in [3.63, 3.8) is 0 Å². The van der Waals surface area contributed by atoms with Gasteiger partial charge in [0.05, 0.1) is 5.69 Å². The third kappa shape index (κ3) is 2.79. The van der Waals surface area contributed by atoms with E-state index in [1.807, 2.05) is 6.92 Å². The molecule has 0 atom stereocenters. The van der Waals surface area contributed by atoms with Crippen LogP contribution in [0.1, 0.15) is 19.2 Å². The second kappa shape index (κ2) is 5.40. The van der Waals surface area contributed by atoms with Gasteiger partial charge in [-0.15, -0.1) is 0 Å². The van der Waals surface area contributed by atoms with Crippen LogP contribution in [0, 0.1) is 0 Å². The predicted octanol–water partition coefficient (Wildman–Crippen LogP) is 1.64. The van der Waals surface area contributed by atoms with Crippen LogP contribution in [0.4, 0.5) is 5.69 Å². The molecule has 0 radical (unpaired) electrons. The first-order chi connectivity index (χ1) is 8.31. The van der Waals surface area contributed by atoms with E-state index < -0.39 is 0 Å². The number of nitrogens with zero attached hydrogens (tertiary/aromatic N) is 3. The van der Waals surface area contributed by atoms with E-state index in [2.05, 4.69) is 15.1 Å². The summed E-state index contributed by atoms with van der Waals surface area (Å²) in [6.45, 7) is 3.05. The normalized spacial score (nSPS) is 10.6. The molecule has 0 spiro atoms. The van der Waals surface area contributed by atoms with E-state index in [4.69, 9.17) is 15.0 Å². The second-order valence-electron chi connectivity index (χ2n) is 3.51.